The minimum atomic E-state index is 0.0202. The van der Waals surface area contributed by atoms with E-state index in [0.717, 1.165) is 16.5 Å². The van der Waals surface area contributed by atoms with E-state index < -0.39 is 0 Å². The Hall–Kier alpha value is -1.84. The van der Waals surface area contributed by atoms with E-state index >= 15 is 0 Å². The molecule has 3 nitrogen and oxygen atoms in total. The number of nitrogens with zero attached hydrogens (tertiary/aromatic N) is 2. The maximum absolute atomic E-state index is 6.27. The second-order valence-electron chi connectivity index (χ2n) is 5.16. The Morgan fingerprint density at radius 3 is 2.50 bits per heavy atom. The molecule has 3 aromatic rings. The summed E-state index contributed by atoms with van der Waals surface area (Å²) in [5.74, 6) is 1.08. The molecule has 0 N–H and O–H groups in total. The minimum absolute atomic E-state index is 0.0202. The fourth-order valence-electron chi connectivity index (χ4n) is 2.15. The first-order chi connectivity index (χ1) is 10.5. The van der Waals surface area contributed by atoms with Crippen LogP contribution in [0.4, 0.5) is 0 Å². The standard InChI is InChI=1S/C17H14Cl2N2O/c1-10(2)22-17-13-5-3-4-6-15(13)20-16(21-17)12-8-7-11(18)9-14(12)19/h3-10H,1-2H3. The average molecular weight is 333 g/mol. The summed E-state index contributed by atoms with van der Waals surface area (Å²) in [7, 11) is 0. The van der Waals surface area contributed by atoms with Crippen LogP contribution in [-0.2, 0) is 0 Å². The molecule has 0 aliphatic heterocycles. The molecule has 1 aromatic heterocycles. The van der Waals surface area contributed by atoms with Gasteiger partial charge in [-0.25, -0.2) is 4.98 Å². The molecular weight excluding hydrogens is 319 g/mol. The minimum Gasteiger partial charge on any atom is -0.474 e. The van der Waals surface area contributed by atoms with Crippen molar-refractivity contribution < 1.29 is 4.74 Å². The number of hydrogen-bond donors (Lipinski definition) is 0. The third-order valence-corrected chi connectivity index (χ3v) is 3.64. The summed E-state index contributed by atoms with van der Waals surface area (Å²) in [6.07, 6.45) is 0.0202. The van der Waals surface area contributed by atoms with Gasteiger partial charge in [-0.2, -0.15) is 4.98 Å². The number of para-hydroxylation sites is 1. The molecule has 2 aromatic carbocycles. The number of fused-ring (bicyclic) bond motifs is 1. The van der Waals surface area contributed by atoms with Crippen LogP contribution in [0.2, 0.25) is 10.0 Å². The molecule has 0 saturated carbocycles. The summed E-state index contributed by atoms with van der Waals surface area (Å²) in [6.45, 7) is 3.93. The van der Waals surface area contributed by atoms with Crippen molar-refractivity contribution in [1.29, 1.82) is 0 Å². The van der Waals surface area contributed by atoms with Gasteiger partial charge in [-0.05, 0) is 44.2 Å². The highest BCUT2D eigenvalue weighted by atomic mass is 35.5. The normalized spacial score (nSPS) is 11.1. The molecule has 0 aliphatic rings. The van der Waals surface area contributed by atoms with Crippen molar-refractivity contribution in [1.82, 2.24) is 9.97 Å². The monoisotopic (exact) mass is 332 g/mol. The van der Waals surface area contributed by atoms with E-state index in [2.05, 4.69) is 9.97 Å². The molecule has 0 unspecified atom stereocenters. The van der Waals surface area contributed by atoms with Crippen molar-refractivity contribution in [3.63, 3.8) is 0 Å². The van der Waals surface area contributed by atoms with Crippen molar-refractivity contribution in [3.05, 3.63) is 52.5 Å². The van der Waals surface area contributed by atoms with E-state index in [1.54, 1.807) is 12.1 Å². The van der Waals surface area contributed by atoms with Crippen LogP contribution in [-0.4, -0.2) is 16.1 Å². The number of ether oxygens (including phenoxy) is 1. The van der Waals surface area contributed by atoms with Crippen LogP contribution in [0.1, 0.15) is 13.8 Å². The first kappa shape index (κ1) is 15.1. The van der Waals surface area contributed by atoms with Crippen molar-refractivity contribution in [2.24, 2.45) is 0 Å². The number of rotatable bonds is 3. The number of hydrogen-bond acceptors (Lipinski definition) is 3. The Balaban J connectivity index is 2.22. The van der Waals surface area contributed by atoms with Crippen molar-refractivity contribution in [3.8, 4) is 17.3 Å². The van der Waals surface area contributed by atoms with Crippen LogP contribution in [0.5, 0.6) is 5.88 Å². The Kier molecular flexibility index (Phi) is 4.19. The molecule has 0 amide bonds. The van der Waals surface area contributed by atoms with Gasteiger partial charge in [0.2, 0.25) is 5.88 Å². The molecule has 0 spiro atoms. The van der Waals surface area contributed by atoms with Crippen molar-refractivity contribution in [2.75, 3.05) is 0 Å². The van der Waals surface area contributed by atoms with Gasteiger partial charge in [0.05, 0.1) is 22.0 Å². The molecule has 5 heteroatoms. The van der Waals surface area contributed by atoms with Gasteiger partial charge in [0.1, 0.15) is 0 Å². The molecular formula is C17H14Cl2N2O. The maximum atomic E-state index is 6.27. The largest absolute Gasteiger partial charge is 0.474 e. The van der Waals surface area contributed by atoms with Crippen molar-refractivity contribution in [2.45, 2.75) is 20.0 Å². The molecule has 0 aliphatic carbocycles. The lowest BCUT2D eigenvalue weighted by Crippen LogP contribution is -2.08. The molecule has 0 bridgehead atoms. The molecule has 3 rings (SSSR count). The molecule has 0 fully saturated rings. The zero-order valence-corrected chi connectivity index (χ0v) is 13.7. The third-order valence-electron chi connectivity index (χ3n) is 3.09. The smallest absolute Gasteiger partial charge is 0.225 e. The lowest BCUT2D eigenvalue weighted by molar-refractivity contribution is 0.236. The number of benzene rings is 2. The highest BCUT2D eigenvalue weighted by Gasteiger charge is 2.13. The molecule has 112 valence electrons. The highest BCUT2D eigenvalue weighted by Crippen LogP contribution is 2.32. The maximum Gasteiger partial charge on any atom is 0.225 e. The van der Waals surface area contributed by atoms with Crippen LogP contribution in [0, 0.1) is 0 Å². The van der Waals surface area contributed by atoms with Crippen LogP contribution < -0.4 is 4.74 Å². The second kappa shape index (κ2) is 6.11. The van der Waals surface area contributed by atoms with E-state index in [-0.39, 0.29) is 6.10 Å². The SMILES string of the molecule is CC(C)Oc1nc(-c2ccc(Cl)cc2Cl)nc2ccccc12. The zero-order chi connectivity index (χ0) is 15.7. The third kappa shape index (κ3) is 3.01. The Labute approximate surface area is 138 Å². The van der Waals surface area contributed by atoms with Crippen LogP contribution in [0.3, 0.4) is 0 Å². The van der Waals surface area contributed by atoms with Crippen LogP contribution in [0.25, 0.3) is 22.3 Å². The van der Waals surface area contributed by atoms with Gasteiger partial charge in [0.25, 0.3) is 0 Å². The Morgan fingerprint density at radius 1 is 1.00 bits per heavy atom. The zero-order valence-electron chi connectivity index (χ0n) is 12.2. The quantitative estimate of drug-likeness (QED) is 0.644. The fraction of sp³-hybridized carbons (Fsp3) is 0.176. The van der Waals surface area contributed by atoms with Gasteiger partial charge in [0, 0.05) is 10.6 Å². The van der Waals surface area contributed by atoms with Gasteiger partial charge in [0.15, 0.2) is 5.82 Å². The van der Waals surface area contributed by atoms with Gasteiger partial charge in [-0.1, -0.05) is 35.3 Å². The molecule has 0 radical (unpaired) electrons. The Bertz CT molecular complexity index is 834. The van der Waals surface area contributed by atoms with E-state index in [4.69, 9.17) is 27.9 Å². The second-order valence-corrected chi connectivity index (χ2v) is 6.00. The predicted molar refractivity (Wildman–Crippen MR) is 90.8 cm³/mol. The molecule has 1 heterocycles. The molecule has 0 atom stereocenters. The number of aromatic nitrogens is 2. The summed E-state index contributed by atoms with van der Waals surface area (Å²) in [5, 5.41) is 1.97. The van der Waals surface area contributed by atoms with Crippen molar-refractivity contribution >= 4 is 34.1 Å². The topological polar surface area (TPSA) is 35.0 Å². The predicted octanol–water partition coefficient (Wildman–Crippen LogP) is 5.39. The summed E-state index contributed by atoms with van der Waals surface area (Å²) < 4.78 is 5.83. The van der Waals surface area contributed by atoms with E-state index in [0.29, 0.717) is 21.7 Å². The number of halogens is 2. The summed E-state index contributed by atoms with van der Waals surface area (Å²) in [5.41, 5.74) is 1.54. The van der Waals surface area contributed by atoms with Gasteiger partial charge in [-0.15, -0.1) is 0 Å². The summed E-state index contributed by atoms with van der Waals surface area (Å²) in [6, 6.07) is 13.0. The van der Waals surface area contributed by atoms with Gasteiger partial charge < -0.3 is 4.74 Å². The van der Waals surface area contributed by atoms with E-state index in [9.17, 15) is 0 Å². The highest BCUT2D eigenvalue weighted by molar-refractivity contribution is 6.36. The van der Waals surface area contributed by atoms with Crippen LogP contribution >= 0.6 is 23.2 Å². The van der Waals surface area contributed by atoms with Crippen LogP contribution in [0.15, 0.2) is 42.5 Å². The van der Waals surface area contributed by atoms with Gasteiger partial charge >= 0.3 is 0 Å². The molecule has 22 heavy (non-hydrogen) atoms. The summed E-state index contributed by atoms with van der Waals surface area (Å²) >= 11 is 12.2. The average Bonchev–Trinajstić information content (AvgIpc) is 2.46. The fourth-order valence-corrected chi connectivity index (χ4v) is 2.64. The lowest BCUT2D eigenvalue weighted by atomic mass is 10.2. The first-order valence-electron chi connectivity index (χ1n) is 6.93. The molecule has 0 saturated heterocycles. The van der Waals surface area contributed by atoms with Gasteiger partial charge in [-0.3, -0.25) is 0 Å². The van der Waals surface area contributed by atoms with E-state index in [1.165, 1.54) is 0 Å². The van der Waals surface area contributed by atoms with E-state index in [1.807, 2.05) is 44.2 Å². The Morgan fingerprint density at radius 2 is 1.77 bits per heavy atom. The first-order valence-corrected chi connectivity index (χ1v) is 7.69. The lowest BCUT2D eigenvalue weighted by Gasteiger charge is -2.13. The summed E-state index contributed by atoms with van der Waals surface area (Å²) in [4.78, 5) is 9.13.